The van der Waals surface area contributed by atoms with Crippen LogP contribution in [-0.2, 0) is 0 Å². The van der Waals surface area contributed by atoms with Crippen molar-refractivity contribution in [2.45, 2.75) is 0 Å². The van der Waals surface area contributed by atoms with Gasteiger partial charge in [-0.2, -0.15) is 0 Å². The van der Waals surface area contributed by atoms with E-state index in [4.69, 9.17) is 0 Å². The molecule has 1 rings (SSSR count). The van der Waals surface area contributed by atoms with Crippen molar-refractivity contribution < 1.29 is 17.3 Å². The Labute approximate surface area is 67.3 Å². The first-order chi connectivity index (χ1) is 5.00. The maximum absolute atomic E-state index is 9.75. The molecule has 7 heteroatoms. The van der Waals surface area contributed by atoms with Gasteiger partial charge in [0, 0.05) is 12.4 Å². The lowest BCUT2D eigenvalue weighted by Gasteiger charge is -1.94. The Kier molecular flexibility index (Phi) is 7.41. The molecule has 0 fully saturated rings. The zero-order valence-electron chi connectivity index (χ0n) is 6.13. The Morgan fingerprint density at radius 3 is 1.25 bits per heavy atom. The summed E-state index contributed by atoms with van der Waals surface area (Å²) in [5.74, 6) is 0. The van der Waals surface area contributed by atoms with Gasteiger partial charge in [0.15, 0.2) is 0 Å². The molecule has 0 saturated carbocycles. The Morgan fingerprint density at radius 2 is 1.17 bits per heavy atom. The number of halogens is 4. The van der Waals surface area contributed by atoms with E-state index in [0.29, 0.717) is 0 Å². The van der Waals surface area contributed by atoms with Crippen molar-refractivity contribution in [3.63, 3.8) is 0 Å². The molecule has 1 aromatic rings. The molecule has 0 spiro atoms. The molecule has 0 aromatic carbocycles. The summed E-state index contributed by atoms with van der Waals surface area (Å²) in [6.45, 7) is 0. The van der Waals surface area contributed by atoms with Gasteiger partial charge in [-0.15, -0.1) is 0 Å². The smallest absolute Gasteiger partial charge is 0.418 e. The summed E-state index contributed by atoms with van der Waals surface area (Å²) in [6, 6.07) is 5.72. The predicted molar refractivity (Wildman–Crippen MR) is 39.4 cm³/mol. The molecule has 0 unspecified atom stereocenters. The first kappa shape index (κ1) is 13.5. The van der Waals surface area contributed by atoms with Gasteiger partial charge < -0.3 is 23.4 Å². The van der Waals surface area contributed by atoms with Gasteiger partial charge in [-0.25, -0.2) is 0 Å². The maximum Gasteiger partial charge on any atom is 0.673 e. The number of hydrogen-bond acceptors (Lipinski definition) is 2. The van der Waals surface area contributed by atoms with Crippen LogP contribution < -0.4 is 6.15 Å². The average Bonchev–Trinajstić information content (AvgIpc) is 1.88. The third-order valence-electron chi connectivity index (χ3n) is 0.566. The highest BCUT2D eigenvalue weighted by Gasteiger charge is 2.20. The fourth-order valence-electron chi connectivity index (χ4n) is 0.313. The zero-order valence-corrected chi connectivity index (χ0v) is 6.13. The Balaban J connectivity index is 0. The van der Waals surface area contributed by atoms with Gasteiger partial charge in [0.25, 0.3) is 0 Å². The molecule has 70 valence electrons. The van der Waals surface area contributed by atoms with E-state index < -0.39 is 7.25 Å². The first-order valence-corrected chi connectivity index (χ1v) is 2.72. The summed E-state index contributed by atoms with van der Waals surface area (Å²) in [5.41, 5.74) is 0. The van der Waals surface area contributed by atoms with E-state index >= 15 is 0 Å². The molecule has 0 bridgehead atoms. The quantitative estimate of drug-likeness (QED) is 0.496. The number of pyridine rings is 1. The molecule has 12 heavy (non-hydrogen) atoms. The van der Waals surface area contributed by atoms with Gasteiger partial charge in [0.1, 0.15) is 0 Å². The van der Waals surface area contributed by atoms with Gasteiger partial charge in [0.2, 0.25) is 0 Å². The minimum absolute atomic E-state index is 0. The summed E-state index contributed by atoms with van der Waals surface area (Å²) >= 11 is 0. The molecule has 0 aliphatic rings. The second-order valence-corrected chi connectivity index (χ2v) is 1.52. The topological polar surface area (TPSA) is 47.9 Å². The van der Waals surface area contributed by atoms with Crippen LogP contribution in [0.2, 0.25) is 0 Å². The van der Waals surface area contributed by atoms with Gasteiger partial charge in [-0.3, -0.25) is 4.98 Å². The van der Waals surface area contributed by atoms with Crippen LogP contribution >= 0.6 is 0 Å². The molecule has 0 aliphatic heterocycles. The van der Waals surface area contributed by atoms with E-state index in [1.54, 1.807) is 12.4 Å². The standard InChI is InChI=1S/C5H5N.BF4.H3N/c1-2-4-6-5-3-1;2-1(3,4)5;/h1-5H;;1H3/q;-1;. The van der Waals surface area contributed by atoms with Gasteiger partial charge >= 0.3 is 7.25 Å². The van der Waals surface area contributed by atoms with Crippen LogP contribution in [-0.4, -0.2) is 12.2 Å². The lowest BCUT2D eigenvalue weighted by molar-refractivity contribution is 0.368. The van der Waals surface area contributed by atoms with Crippen LogP contribution in [0, 0.1) is 0 Å². The fraction of sp³-hybridized carbons (Fsp3) is 0. The third-order valence-corrected chi connectivity index (χ3v) is 0.566. The molecular formula is C5H8BF4N2-. The van der Waals surface area contributed by atoms with Gasteiger partial charge in [-0.1, -0.05) is 6.07 Å². The highest BCUT2D eigenvalue weighted by molar-refractivity contribution is 6.50. The van der Waals surface area contributed by atoms with E-state index in [2.05, 4.69) is 4.98 Å². The number of aromatic nitrogens is 1. The van der Waals surface area contributed by atoms with Crippen molar-refractivity contribution in [3.05, 3.63) is 30.6 Å². The predicted octanol–water partition coefficient (Wildman–Crippen LogP) is 2.54. The highest BCUT2D eigenvalue weighted by atomic mass is 19.5. The van der Waals surface area contributed by atoms with Crippen molar-refractivity contribution in [1.82, 2.24) is 11.1 Å². The Morgan fingerprint density at radius 1 is 0.833 bits per heavy atom. The van der Waals surface area contributed by atoms with Crippen LogP contribution in [0.1, 0.15) is 0 Å². The third kappa shape index (κ3) is 23.1. The molecular weight excluding hydrogens is 175 g/mol. The number of nitrogens with zero attached hydrogens (tertiary/aromatic N) is 1. The van der Waals surface area contributed by atoms with Crippen molar-refractivity contribution in [2.75, 3.05) is 0 Å². The van der Waals surface area contributed by atoms with Crippen molar-refractivity contribution in [2.24, 2.45) is 0 Å². The number of hydrogen-bond donors (Lipinski definition) is 1. The SMILES string of the molecule is F[B-](F)(F)F.N.c1ccncc1. The summed E-state index contributed by atoms with van der Waals surface area (Å²) < 4.78 is 39.0. The average molecular weight is 183 g/mol. The van der Waals surface area contributed by atoms with Crippen LogP contribution in [0.4, 0.5) is 17.3 Å². The Hall–Kier alpha value is -1.11. The van der Waals surface area contributed by atoms with E-state index in [-0.39, 0.29) is 6.15 Å². The summed E-state index contributed by atoms with van der Waals surface area (Å²) in [6.07, 6.45) is 3.50. The monoisotopic (exact) mass is 183 g/mol. The minimum Gasteiger partial charge on any atom is -0.418 e. The van der Waals surface area contributed by atoms with Crippen LogP contribution in [0.5, 0.6) is 0 Å². The largest absolute Gasteiger partial charge is 0.673 e. The molecule has 2 nitrogen and oxygen atoms in total. The van der Waals surface area contributed by atoms with Crippen LogP contribution in [0.15, 0.2) is 30.6 Å². The van der Waals surface area contributed by atoms with E-state index in [1.165, 1.54) is 0 Å². The molecule has 1 aromatic heterocycles. The van der Waals surface area contributed by atoms with Crippen molar-refractivity contribution in [3.8, 4) is 0 Å². The Bertz CT molecular complexity index is 146. The maximum atomic E-state index is 9.75. The van der Waals surface area contributed by atoms with Gasteiger partial charge in [-0.05, 0) is 12.1 Å². The normalized spacial score (nSPS) is 9.00. The highest BCUT2D eigenvalue weighted by Crippen LogP contribution is 2.06. The lowest BCUT2D eigenvalue weighted by atomic mass is 10.3. The molecule has 0 aliphatic carbocycles. The molecule has 0 radical (unpaired) electrons. The second-order valence-electron chi connectivity index (χ2n) is 1.52. The zero-order chi connectivity index (χ0) is 8.74. The molecule has 1 heterocycles. The van der Waals surface area contributed by atoms with Crippen LogP contribution in [0.3, 0.4) is 0 Å². The fourth-order valence-corrected chi connectivity index (χ4v) is 0.313. The molecule has 0 atom stereocenters. The van der Waals surface area contributed by atoms with Gasteiger partial charge in [0.05, 0.1) is 0 Å². The van der Waals surface area contributed by atoms with E-state index in [0.717, 1.165) is 0 Å². The second kappa shape index (κ2) is 6.60. The van der Waals surface area contributed by atoms with Crippen molar-refractivity contribution in [1.29, 1.82) is 0 Å². The van der Waals surface area contributed by atoms with Crippen molar-refractivity contribution >= 4 is 7.25 Å². The van der Waals surface area contributed by atoms with E-state index in [9.17, 15) is 17.3 Å². The summed E-state index contributed by atoms with van der Waals surface area (Å²) in [7, 11) is -6.00. The number of rotatable bonds is 0. The summed E-state index contributed by atoms with van der Waals surface area (Å²) in [5, 5.41) is 0. The summed E-state index contributed by atoms with van der Waals surface area (Å²) in [4.78, 5) is 3.78. The molecule has 3 N–H and O–H groups in total. The molecule has 0 saturated heterocycles. The minimum atomic E-state index is -6.00. The van der Waals surface area contributed by atoms with E-state index in [1.807, 2.05) is 18.2 Å². The first-order valence-electron chi connectivity index (χ1n) is 2.72. The molecule has 0 amide bonds. The lowest BCUT2D eigenvalue weighted by Crippen LogP contribution is -2.02. The van der Waals surface area contributed by atoms with Crippen LogP contribution in [0.25, 0.3) is 0 Å².